The fourth-order valence-electron chi connectivity index (χ4n) is 11.1. The number of carbonyl (C=O) groups is 15. The Hall–Kier alpha value is -16.8. The second kappa shape index (κ2) is 60.0. The summed E-state index contributed by atoms with van der Waals surface area (Å²) < 4.78 is 0. The summed E-state index contributed by atoms with van der Waals surface area (Å²) in [4.78, 5) is 168. The molecule has 6 aromatic carbocycles. The van der Waals surface area contributed by atoms with Crippen LogP contribution in [0, 0.1) is 52.9 Å². The summed E-state index contributed by atoms with van der Waals surface area (Å²) >= 11 is 0. The Morgan fingerprint density at radius 2 is 0.601 bits per heavy atom. The molecule has 3 aliphatic carbocycles. The molecule has 0 radical (unpaired) electrons. The van der Waals surface area contributed by atoms with E-state index >= 15 is 0 Å². The quantitative estimate of drug-likeness (QED) is 0.0361. The molecule has 0 saturated heterocycles. The number of carboxylic acid groups (broad SMARTS) is 12. The minimum atomic E-state index is -2.24. The summed E-state index contributed by atoms with van der Waals surface area (Å²) in [7, 11) is 0. The molecule has 9 aromatic rings. The van der Waals surface area contributed by atoms with Crippen molar-refractivity contribution in [3.05, 3.63) is 208 Å². The largest absolute Gasteiger partial charge is 0.565 e. The van der Waals surface area contributed by atoms with Gasteiger partial charge in [-0.3, -0.25) is 28.8 Å². The standard InChI is InChI=1S/C9H13O4.2C9H9O3.C7H7NO3.2C7H10O6.4C7H6O5.2C6H5NO4.4Fe/c1-5-6(10)3-9(2,8(12)13)4-7(5)11;1-5-3-6(2)8(10)4-7(5)9(11)12;1-5-3-7(9(11)12)6(2)8(10)4-5;1-4-2-5(7(10)11)8-6(9)3-4;2*8-3-1-7(13,6(11)12)2-4(9)5(3)10;2*8-4-2-6(10)5(9)1-3(4)7(11)12;2*8-3-1-4(7(11)12)6(10)5(9)2-3;2*8-3-1-4(6(10)11)7-5(9)2-3;;;;/h5-6,10H,2-4H2,1H3,(H,12,13);3-4,10H,1H2,2H3,(H,11,12);3-4,10H,2H2,1H3,(H,11,12);2-3H,1H3,(H,8,9)(H,10,11);2*3,5,8,10,13H,1-2H2,(H,11,12);4*1-2,8-10H,(H,11,12);2*1-2H,(H,10,11)(H2,7,8,9);;;;/q3*-1;;;;;;;;;;;;;. The fourth-order valence-corrected chi connectivity index (χ4v) is 11.1. The van der Waals surface area contributed by atoms with Gasteiger partial charge in [0.05, 0.1) is 24.1 Å². The van der Waals surface area contributed by atoms with Crippen LogP contribution < -0.4 is 0 Å². The molecule has 0 spiro atoms. The number of rotatable bonds is 12. The zero-order valence-electron chi connectivity index (χ0n) is 75.6. The summed E-state index contributed by atoms with van der Waals surface area (Å²) in [5.74, 6) is -27.2. The summed E-state index contributed by atoms with van der Waals surface area (Å²) in [5.41, 5.74) is -6.02. The first-order valence-electron chi connectivity index (χ1n) is 38.9. The number of Topliss-reactive ketones (excluding diaryl/α,β-unsaturated/α-hetero) is 3. The number of phenolic OH excluding ortho intramolecular Hbond substituents is 10. The Bertz CT molecular complexity index is 5670. The third-order valence-electron chi connectivity index (χ3n) is 18.6. The number of aromatic hydroxyl groups is 19. The van der Waals surface area contributed by atoms with Crippen LogP contribution in [0.1, 0.15) is 167 Å². The molecule has 12 rings (SSSR count). The number of aryl methyl sites for hydroxylation is 3. The predicted molar refractivity (Wildman–Crippen MR) is 471 cm³/mol. The van der Waals surface area contributed by atoms with Crippen molar-refractivity contribution in [1.82, 2.24) is 15.0 Å². The summed E-state index contributed by atoms with van der Waals surface area (Å²) in [6.45, 7) is 17.2. The molecule has 0 aliphatic heterocycles. The molecule has 148 heavy (non-hydrogen) atoms. The van der Waals surface area contributed by atoms with Crippen LogP contribution in [0.15, 0.2) is 109 Å². The Balaban J connectivity index is -0.000000763. The van der Waals surface area contributed by atoms with Crippen molar-refractivity contribution >= 4 is 89.0 Å². The van der Waals surface area contributed by atoms with E-state index in [9.17, 15) is 97.5 Å². The number of carboxylic acids is 12. The van der Waals surface area contributed by atoms with Crippen LogP contribution in [-0.4, -0.2) is 340 Å². The number of aromatic nitrogens is 3. The monoisotopic (exact) mass is 2260 g/mol. The van der Waals surface area contributed by atoms with Crippen LogP contribution >= 0.6 is 0 Å². The fraction of sp³-hybridized carbons (Fsp3) is 0.216. The number of phenols is 14. The van der Waals surface area contributed by atoms with Crippen molar-refractivity contribution in [2.45, 2.75) is 108 Å². The number of ketones is 3. The molecule has 3 aliphatic rings. The molecular formula is C88H92Fe4N3O53-3. The number of hydrogen-bond acceptors (Lipinski definition) is 44. The maximum Gasteiger partial charge on any atom is 0.354 e. The molecule has 38 N–H and O–H groups in total. The average molecular weight is 2260 g/mol. The van der Waals surface area contributed by atoms with Crippen molar-refractivity contribution < 1.29 is 334 Å². The van der Waals surface area contributed by atoms with Crippen LogP contribution in [0.2, 0.25) is 0 Å². The van der Waals surface area contributed by atoms with Crippen molar-refractivity contribution in [1.29, 1.82) is 0 Å². The number of aliphatic carboxylic acids is 3. The molecule has 3 aromatic heterocycles. The Labute approximate surface area is 870 Å². The maximum absolute atomic E-state index is 11.3. The van der Waals surface area contributed by atoms with Crippen LogP contribution in [0.5, 0.6) is 110 Å². The minimum Gasteiger partial charge on any atom is -0.565 e. The van der Waals surface area contributed by atoms with Gasteiger partial charge in [0.25, 0.3) is 17.9 Å². The van der Waals surface area contributed by atoms with E-state index in [1.54, 1.807) is 33.8 Å². The zero-order valence-corrected chi connectivity index (χ0v) is 80.0. The molecule has 60 heteroatoms. The second-order valence-electron chi connectivity index (χ2n) is 30.0. The number of aliphatic hydroxyl groups excluding tert-OH is 5. The number of benzene rings is 6. The number of pyridine rings is 3. The third-order valence-corrected chi connectivity index (χ3v) is 18.6. The summed E-state index contributed by atoms with van der Waals surface area (Å²) in [5, 5.41) is 335. The van der Waals surface area contributed by atoms with Gasteiger partial charge >= 0.3 is 53.7 Å². The molecule has 3 heterocycles. The van der Waals surface area contributed by atoms with E-state index in [0.29, 0.717) is 22.3 Å². The number of aromatic carboxylic acids is 9. The van der Waals surface area contributed by atoms with E-state index in [1.165, 1.54) is 30.3 Å². The van der Waals surface area contributed by atoms with Gasteiger partial charge in [0.2, 0.25) is 17.6 Å². The number of nitrogens with zero attached hydrogens (tertiary/aromatic N) is 3. The van der Waals surface area contributed by atoms with Crippen molar-refractivity contribution in [2.75, 3.05) is 0 Å². The molecule has 0 bridgehead atoms. The molecular weight excluding hydrogens is 2170 g/mol. The Morgan fingerprint density at radius 1 is 0.297 bits per heavy atom. The van der Waals surface area contributed by atoms with Gasteiger partial charge in [-0.1, -0.05) is 30.2 Å². The Kier molecular flexibility index (Phi) is 55.8. The minimum absolute atomic E-state index is 0. The molecule has 9 atom stereocenters. The molecule has 3 fully saturated rings. The normalized spacial score (nSPS) is 17.5. The van der Waals surface area contributed by atoms with Gasteiger partial charge in [0.1, 0.15) is 74.7 Å². The van der Waals surface area contributed by atoms with Crippen LogP contribution in [0.4, 0.5) is 0 Å². The van der Waals surface area contributed by atoms with E-state index in [1.807, 2.05) is 0 Å². The van der Waals surface area contributed by atoms with Gasteiger partial charge < -0.3 is 201 Å². The van der Waals surface area contributed by atoms with Gasteiger partial charge in [-0.05, 0) is 73.9 Å². The van der Waals surface area contributed by atoms with E-state index in [2.05, 4.69) is 35.7 Å². The van der Waals surface area contributed by atoms with Crippen LogP contribution in [-0.2, 0) is 97.0 Å². The van der Waals surface area contributed by atoms with Crippen LogP contribution in [0.25, 0.3) is 0 Å². The molecule has 3 saturated carbocycles. The van der Waals surface area contributed by atoms with E-state index in [4.69, 9.17) is 169 Å². The van der Waals surface area contributed by atoms with Gasteiger partial charge in [-0.15, -0.1) is 11.6 Å². The smallest absolute Gasteiger partial charge is 0.354 e. The first-order valence-corrected chi connectivity index (χ1v) is 38.9. The van der Waals surface area contributed by atoms with Crippen molar-refractivity contribution in [3.8, 4) is 110 Å². The topological polar surface area (TPSA) is 1060 Å². The van der Waals surface area contributed by atoms with E-state index in [-0.39, 0.29) is 150 Å². The maximum atomic E-state index is 11.3. The molecule has 812 valence electrons. The summed E-state index contributed by atoms with van der Waals surface area (Å²) in [6, 6.07) is 18.7. The van der Waals surface area contributed by atoms with Gasteiger partial charge in [0.15, 0.2) is 85.8 Å². The first kappa shape index (κ1) is 137. The van der Waals surface area contributed by atoms with E-state index < -0.39 is 265 Å². The molecule has 9 unspecified atom stereocenters. The van der Waals surface area contributed by atoms with E-state index in [0.717, 1.165) is 72.8 Å². The van der Waals surface area contributed by atoms with Gasteiger partial charge in [0, 0.05) is 172 Å². The SMILES string of the molecule is Cc1cc(O)nc(C(=O)O)c1.O=C(O)c1cc(O)c(O)cc1O.O=C(O)c1cc(O)c(O)cc1O.O=C(O)c1cc(O)cc(O)c1O.O=C(O)c1cc(O)cc(O)c1O.O=C(O)c1cc(O)cc(O)n1.O=C(O)c1cc(O)cc(O)n1.O=C1CC(O)(C(=O)O)CC(O)C1O.O=C1CC(O)(C(=O)O)CC(O)C1O.[CH2-]C1(C(=O)O)CC(=O)C(C)C(O)C1.[CH2-]c1c(O)cc(C)cc1C(=O)O.[CH2-]c1cc(C)c(O)cc1C(=O)O.[Fe].[Fe].[Fe].[Fe]. The van der Waals surface area contributed by atoms with Crippen LogP contribution in [0.3, 0.4) is 0 Å². The second-order valence-corrected chi connectivity index (χ2v) is 30.0. The third kappa shape index (κ3) is 42.6. The number of aliphatic hydroxyl groups is 7. The number of carbonyl (C=O) groups excluding carboxylic acids is 3. The first-order chi connectivity index (χ1) is 66.0. The zero-order chi connectivity index (χ0) is 112. The van der Waals surface area contributed by atoms with Gasteiger partial charge in [-0.2, -0.15) is 25.5 Å². The Morgan fingerprint density at radius 3 is 0.892 bits per heavy atom. The number of hydrogen-bond donors (Lipinski definition) is 38. The molecule has 0 amide bonds. The van der Waals surface area contributed by atoms with Gasteiger partial charge in [-0.25, -0.2) is 58.1 Å². The molecule has 56 nitrogen and oxygen atoms in total. The summed E-state index contributed by atoms with van der Waals surface area (Å²) in [6.07, 6.45) is -9.50. The van der Waals surface area contributed by atoms with Crippen molar-refractivity contribution in [2.24, 2.45) is 11.3 Å². The average Bonchev–Trinajstić information content (AvgIpc) is 0.802. The van der Waals surface area contributed by atoms with Crippen molar-refractivity contribution in [3.63, 3.8) is 0 Å². The predicted octanol–water partition coefficient (Wildman–Crippen LogP) is 2.36.